The maximum Gasteiger partial charge on any atom is 0.406 e. The first-order chi connectivity index (χ1) is 19.8. The van der Waals surface area contributed by atoms with Gasteiger partial charge in [-0.2, -0.15) is 0 Å². The van der Waals surface area contributed by atoms with E-state index < -0.39 is 23.8 Å². The van der Waals surface area contributed by atoms with Gasteiger partial charge in [0.1, 0.15) is 0 Å². The zero-order chi connectivity index (χ0) is 29.4. The molecule has 3 N–H and O–H groups in total. The van der Waals surface area contributed by atoms with E-state index in [2.05, 4.69) is 20.7 Å². The van der Waals surface area contributed by atoms with Gasteiger partial charge in [0, 0.05) is 63.5 Å². The molecule has 0 bridgehead atoms. The van der Waals surface area contributed by atoms with Crippen molar-refractivity contribution in [2.45, 2.75) is 12.8 Å². The number of hydrogen-bond acceptors (Lipinski definition) is 6. The number of carbonyl (C=O) groups is 5. The molecule has 0 unspecified atom stereocenters. The number of rotatable bonds is 9. The Labute approximate surface area is 237 Å². The van der Waals surface area contributed by atoms with Crippen molar-refractivity contribution in [2.24, 2.45) is 7.05 Å². The lowest BCUT2D eigenvalue weighted by molar-refractivity contribution is -0.127. The molecule has 1 fully saturated rings. The fraction of sp³-hybridized carbons (Fsp3) is 0.345. The van der Waals surface area contributed by atoms with E-state index in [-0.39, 0.29) is 24.6 Å². The van der Waals surface area contributed by atoms with Gasteiger partial charge in [-0.1, -0.05) is 30.3 Å². The highest BCUT2D eigenvalue weighted by Crippen LogP contribution is 2.28. The zero-order valence-corrected chi connectivity index (χ0v) is 23.1. The number of ether oxygens (including phenoxy) is 1. The number of methoxy groups -OCH3 is 1. The number of Topliss-reactive ketones (excluding diaryl/α,β-unsaturated/α-hetero) is 1. The number of ketones is 1. The SMILES string of the molecule is COC(=O)NCCCCNC(=O)Nc1cccc2c(C(=O)C(=O)N3CCN(C(=O)c4ccccc4)CC3)cn(C)c12. The van der Waals surface area contributed by atoms with Crippen LogP contribution in [0.5, 0.6) is 0 Å². The van der Waals surface area contributed by atoms with Crippen LogP contribution in [0, 0.1) is 0 Å². The molecule has 0 saturated carbocycles. The second-order valence-corrected chi connectivity index (χ2v) is 9.64. The molecule has 1 aromatic heterocycles. The molecule has 216 valence electrons. The van der Waals surface area contributed by atoms with Crippen LogP contribution in [0.15, 0.2) is 54.7 Å². The standard InChI is InChI=1S/C29H34N6O6/c1-33-19-22(25(36)27(38)35-17-15-34(16-18-35)26(37)20-9-4-3-5-10-20)21-11-8-12-23(24(21)33)32-28(39)30-13-6-7-14-31-29(40)41-2/h3-5,8-12,19H,6-7,13-18H2,1-2H3,(H,31,40)(H2,30,32,39). The number of hydrogen-bond donors (Lipinski definition) is 3. The number of nitrogens with one attached hydrogen (secondary N) is 3. The maximum atomic E-state index is 13.3. The van der Waals surface area contributed by atoms with Crippen molar-refractivity contribution in [1.29, 1.82) is 0 Å². The monoisotopic (exact) mass is 562 g/mol. The van der Waals surface area contributed by atoms with Crippen molar-refractivity contribution in [3.8, 4) is 0 Å². The van der Waals surface area contributed by atoms with Gasteiger partial charge in [0.25, 0.3) is 17.6 Å². The summed E-state index contributed by atoms with van der Waals surface area (Å²) in [4.78, 5) is 65.9. The number of anilines is 1. The Kier molecular flexibility index (Phi) is 9.56. The second-order valence-electron chi connectivity index (χ2n) is 9.64. The smallest absolute Gasteiger partial charge is 0.406 e. The van der Waals surface area contributed by atoms with Gasteiger partial charge >= 0.3 is 12.1 Å². The van der Waals surface area contributed by atoms with Crippen LogP contribution >= 0.6 is 0 Å². The molecule has 12 heteroatoms. The fourth-order valence-electron chi connectivity index (χ4n) is 4.77. The summed E-state index contributed by atoms with van der Waals surface area (Å²) in [6, 6.07) is 13.7. The Morgan fingerprint density at radius 3 is 2.17 bits per heavy atom. The zero-order valence-electron chi connectivity index (χ0n) is 23.1. The maximum absolute atomic E-state index is 13.3. The molecule has 2 heterocycles. The van der Waals surface area contributed by atoms with Crippen LogP contribution in [0.2, 0.25) is 0 Å². The average molecular weight is 563 g/mol. The molecular weight excluding hydrogens is 528 g/mol. The van der Waals surface area contributed by atoms with E-state index in [1.807, 2.05) is 6.07 Å². The molecule has 0 spiro atoms. The highest BCUT2D eigenvalue weighted by molar-refractivity contribution is 6.45. The summed E-state index contributed by atoms with van der Waals surface area (Å²) >= 11 is 0. The van der Waals surface area contributed by atoms with Gasteiger partial charge in [0.05, 0.1) is 23.9 Å². The Morgan fingerprint density at radius 1 is 0.829 bits per heavy atom. The van der Waals surface area contributed by atoms with Crippen LogP contribution in [-0.4, -0.2) is 90.5 Å². The number of unbranched alkanes of at least 4 members (excludes halogenated alkanes) is 1. The fourth-order valence-corrected chi connectivity index (χ4v) is 4.77. The minimum Gasteiger partial charge on any atom is -0.453 e. The molecule has 0 aliphatic carbocycles. The van der Waals surface area contributed by atoms with Crippen LogP contribution in [-0.2, 0) is 16.6 Å². The van der Waals surface area contributed by atoms with E-state index in [1.54, 1.807) is 65.2 Å². The van der Waals surface area contributed by atoms with Gasteiger partial charge in [-0.05, 0) is 31.0 Å². The molecule has 0 atom stereocenters. The first-order valence-corrected chi connectivity index (χ1v) is 13.4. The normalized spacial score (nSPS) is 13.0. The highest BCUT2D eigenvalue weighted by atomic mass is 16.5. The third-order valence-electron chi connectivity index (χ3n) is 6.91. The first-order valence-electron chi connectivity index (χ1n) is 13.4. The summed E-state index contributed by atoms with van der Waals surface area (Å²) in [5.41, 5.74) is 1.94. The third kappa shape index (κ3) is 7.02. The van der Waals surface area contributed by atoms with Crippen LogP contribution in [0.1, 0.15) is 33.6 Å². The Balaban J connectivity index is 1.35. The summed E-state index contributed by atoms with van der Waals surface area (Å²) < 4.78 is 6.21. The number of amides is 5. The van der Waals surface area contributed by atoms with E-state index in [0.717, 1.165) is 0 Å². The third-order valence-corrected chi connectivity index (χ3v) is 6.91. The van der Waals surface area contributed by atoms with Crippen molar-refractivity contribution in [3.05, 3.63) is 65.9 Å². The highest BCUT2D eigenvalue weighted by Gasteiger charge is 2.30. The molecular formula is C29H34N6O6. The summed E-state index contributed by atoms with van der Waals surface area (Å²) in [5.74, 6) is -1.36. The Morgan fingerprint density at radius 2 is 1.49 bits per heavy atom. The lowest BCUT2D eigenvalue weighted by Gasteiger charge is -2.34. The molecule has 4 rings (SSSR count). The van der Waals surface area contributed by atoms with Gasteiger partial charge in [0.15, 0.2) is 0 Å². The number of aromatic nitrogens is 1. The van der Waals surface area contributed by atoms with Crippen LogP contribution in [0.25, 0.3) is 10.9 Å². The number of alkyl carbamates (subject to hydrolysis) is 1. The largest absolute Gasteiger partial charge is 0.453 e. The number of aryl methyl sites for hydroxylation is 1. The molecule has 5 amide bonds. The van der Waals surface area contributed by atoms with Gasteiger partial charge in [-0.25, -0.2) is 9.59 Å². The number of benzene rings is 2. The quantitative estimate of drug-likeness (QED) is 0.208. The van der Waals surface area contributed by atoms with Gasteiger partial charge < -0.3 is 35.1 Å². The lowest BCUT2D eigenvalue weighted by Crippen LogP contribution is -2.52. The van der Waals surface area contributed by atoms with Crippen LogP contribution in [0.3, 0.4) is 0 Å². The summed E-state index contributed by atoms with van der Waals surface area (Å²) in [6.07, 6.45) is 2.42. The van der Waals surface area contributed by atoms with Crippen molar-refractivity contribution < 1.29 is 28.7 Å². The van der Waals surface area contributed by atoms with Crippen molar-refractivity contribution in [1.82, 2.24) is 25.0 Å². The summed E-state index contributed by atoms with van der Waals surface area (Å²) in [7, 11) is 3.04. The number of fused-ring (bicyclic) bond motifs is 1. The molecule has 2 aromatic carbocycles. The number of piperazine rings is 1. The minimum absolute atomic E-state index is 0.0993. The predicted octanol–water partition coefficient (Wildman–Crippen LogP) is 2.60. The van der Waals surface area contributed by atoms with E-state index in [4.69, 9.17) is 0 Å². The topological polar surface area (TPSA) is 142 Å². The minimum atomic E-state index is -0.638. The van der Waals surface area contributed by atoms with Crippen LogP contribution < -0.4 is 16.0 Å². The van der Waals surface area contributed by atoms with E-state index >= 15 is 0 Å². The Bertz CT molecular complexity index is 1430. The van der Waals surface area contributed by atoms with Gasteiger partial charge in [-0.15, -0.1) is 0 Å². The van der Waals surface area contributed by atoms with Gasteiger partial charge in [-0.3, -0.25) is 14.4 Å². The number of carbonyl (C=O) groups excluding carboxylic acids is 5. The molecule has 12 nitrogen and oxygen atoms in total. The van der Waals surface area contributed by atoms with Gasteiger partial charge in [0.2, 0.25) is 0 Å². The number of urea groups is 1. The predicted molar refractivity (Wildman–Crippen MR) is 153 cm³/mol. The van der Waals surface area contributed by atoms with E-state index in [1.165, 1.54) is 12.0 Å². The Hall–Kier alpha value is -4.87. The molecule has 0 radical (unpaired) electrons. The molecule has 3 aromatic rings. The molecule has 1 aliphatic heterocycles. The summed E-state index contributed by atoms with van der Waals surface area (Å²) in [5, 5.41) is 8.71. The molecule has 41 heavy (non-hydrogen) atoms. The van der Waals surface area contributed by atoms with E-state index in [9.17, 15) is 24.0 Å². The molecule has 1 aliphatic rings. The van der Waals surface area contributed by atoms with Crippen molar-refractivity contribution in [2.75, 3.05) is 51.7 Å². The first kappa shape index (κ1) is 29.1. The summed E-state index contributed by atoms with van der Waals surface area (Å²) in [6.45, 7) is 2.05. The second kappa shape index (κ2) is 13.5. The van der Waals surface area contributed by atoms with Crippen molar-refractivity contribution >= 4 is 46.3 Å². The lowest BCUT2D eigenvalue weighted by atomic mass is 10.1. The molecule has 1 saturated heterocycles. The van der Waals surface area contributed by atoms with E-state index in [0.29, 0.717) is 61.2 Å². The number of para-hydroxylation sites is 1. The van der Waals surface area contributed by atoms with Crippen molar-refractivity contribution in [3.63, 3.8) is 0 Å². The number of nitrogens with zero attached hydrogens (tertiary/aromatic N) is 3. The van der Waals surface area contributed by atoms with Crippen LogP contribution in [0.4, 0.5) is 15.3 Å². The average Bonchev–Trinajstić information content (AvgIpc) is 3.35.